The van der Waals surface area contributed by atoms with E-state index in [-0.39, 0.29) is 21.7 Å². The fourth-order valence-corrected chi connectivity index (χ4v) is 2.82. The number of benzene rings is 1. The summed E-state index contributed by atoms with van der Waals surface area (Å²) in [5.41, 5.74) is 2.10. The average molecular weight is 332 g/mol. The zero-order valence-electron chi connectivity index (χ0n) is 12.3. The Hall–Kier alpha value is -0.570. The van der Waals surface area contributed by atoms with Crippen LogP contribution in [-0.2, 0) is 25.0 Å². The molecule has 1 fully saturated rings. The van der Waals surface area contributed by atoms with Gasteiger partial charge in [-0.2, -0.15) is 9.90 Å². The zero-order chi connectivity index (χ0) is 14.5. The lowest BCUT2D eigenvalue weighted by Crippen LogP contribution is -1.99. The van der Waals surface area contributed by atoms with E-state index in [2.05, 4.69) is 0 Å². The van der Waals surface area contributed by atoms with Crippen LogP contribution >= 0.6 is 18.5 Å². The van der Waals surface area contributed by atoms with Crippen molar-refractivity contribution in [3.8, 4) is 0 Å². The van der Waals surface area contributed by atoms with Gasteiger partial charge in [-0.25, -0.2) is 0 Å². The molecule has 0 heterocycles. The van der Waals surface area contributed by atoms with Gasteiger partial charge in [0.15, 0.2) is 0 Å². The highest BCUT2D eigenvalue weighted by molar-refractivity contribution is 7.41. The number of carboxylic acid groups (broad SMARTS) is 1. The van der Waals surface area contributed by atoms with E-state index in [9.17, 15) is 4.79 Å². The summed E-state index contributed by atoms with van der Waals surface area (Å²) in [6.45, 7) is 2.87. The normalized spacial score (nSPS) is 21.4. The minimum atomic E-state index is -1.28. The van der Waals surface area contributed by atoms with Gasteiger partial charge in [-0.3, -0.25) is 4.79 Å². The first-order valence-electron chi connectivity index (χ1n) is 6.57. The molecule has 0 aromatic heterocycles. The lowest BCUT2D eigenvalue weighted by Gasteiger charge is -2.13. The second kappa shape index (κ2) is 8.77. The first kappa shape index (κ1) is 18.5. The molecule has 0 aliphatic heterocycles. The summed E-state index contributed by atoms with van der Waals surface area (Å²) < 4.78 is 15.9. The van der Waals surface area contributed by atoms with Crippen molar-refractivity contribution in [1.29, 1.82) is 0 Å². The molecule has 1 aliphatic rings. The minimum Gasteiger partial charge on any atom is -0.481 e. The molecule has 2 unspecified atom stereocenters. The molecule has 2 rings (SSSR count). The molecule has 0 radical (unpaired) electrons. The smallest absolute Gasteiger partial charge is 0.332 e. The van der Waals surface area contributed by atoms with Crippen LogP contribution in [0.1, 0.15) is 30.4 Å². The fourth-order valence-electron chi connectivity index (χ4n) is 2.07. The van der Waals surface area contributed by atoms with Gasteiger partial charge >= 0.3 is 14.6 Å². The predicted octanol–water partition coefficient (Wildman–Crippen LogP) is 3.36. The van der Waals surface area contributed by atoms with Crippen LogP contribution in [0.5, 0.6) is 0 Å². The van der Waals surface area contributed by atoms with E-state index in [0.29, 0.717) is 13.2 Å². The molecule has 0 spiro atoms. The Kier molecular flexibility index (Phi) is 7.72. The molecule has 1 aromatic rings. The molecule has 118 valence electrons. The predicted molar refractivity (Wildman–Crippen MR) is 86.4 cm³/mol. The Labute approximate surface area is 129 Å². The average Bonchev–Trinajstić information content (AvgIpc) is 3.24. The Balaban J connectivity index is 0.00000220. The first-order valence-corrected chi connectivity index (χ1v) is 7.67. The SMILES string of the molecule is CCOP(OC)OCc1ccc([C@H]2C[C@H]2C(=O)O)cc1.P. The summed E-state index contributed by atoms with van der Waals surface area (Å²) in [6.07, 6.45) is 0.741. The third-order valence-electron chi connectivity index (χ3n) is 3.24. The van der Waals surface area contributed by atoms with Crippen LogP contribution in [0.3, 0.4) is 0 Å². The molecule has 0 saturated heterocycles. The molecule has 1 aliphatic carbocycles. The molecule has 1 saturated carbocycles. The molecule has 1 aromatic carbocycles. The number of hydrogen-bond acceptors (Lipinski definition) is 4. The van der Waals surface area contributed by atoms with Crippen molar-refractivity contribution in [2.45, 2.75) is 25.9 Å². The van der Waals surface area contributed by atoms with E-state index < -0.39 is 14.6 Å². The largest absolute Gasteiger partial charge is 0.481 e. The Morgan fingerprint density at radius 1 is 1.33 bits per heavy atom. The number of carbonyl (C=O) groups is 1. The Morgan fingerprint density at radius 3 is 2.48 bits per heavy atom. The van der Waals surface area contributed by atoms with Crippen LogP contribution in [0.25, 0.3) is 0 Å². The van der Waals surface area contributed by atoms with Crippen LogP contribution in [0.4, 0.5) is 0 Å². The van der Waals surface area contributed by atoms with Gasteiger partial charge in [-0.1, -0.05) is 24.3 Å². The van der Waals surface area contributed by atoms with Crippen molar-refractivity contribution in [3.63, 3.8) is 0 Å². The molecular weight excluding hydrogens is 310 g/mol. The summed E-state index contributed by atoms with van der Waals surface area (Å²) >= 11 is 0. The quantitative estimate of drug-likeness (QED) is 0.740. The maximum atomic E-state index is 10.8. The van der Waals surface area contributed by atoms with Gasteiger partial charge in [0.1, 0.15) is 0 Å². The molecule has 4 atom stereocenters. The van der Waals surface area contributed by atoms with Crippen LogP contribution in [0.2, 0.25) is 0 Å². The molecule has 1 N–H and O–H groups in total. The monoisotopic (exact) mass is 332 g/mol. The summed E-state index contributed by atoms with van der Waals surface area (Å²) in [5, 5.41) is 8.92. The second-order valence-electron chi connectivity index (χ2n) is 4.63. The number of aliphatic carboxylic acids is 1. The Bertz CT molecular complexity index is 451. The van der Waals surface area contributed by atoms with Gasteiger partial charge in [-0.15, -0.1) is 0 Å². The van der Waals surface area contributed by atoms with E-state index >= 15 is 0 Å². The molecule has 0 amide bonds. The van der Waals surface area contributed by atoms with Crippen molar-refractivity contribution in [1.82, 2.24) is 0 Å². The van der Waals surface area contributed by atoms with Gasteiger partial charge in [0.05, 0.1) is 19.1 Å². The van der Waals surface area contributed by atoms with Gasteiger partial charge in [-0.05, 0) is 30.4 Å². The topological polar surface area (TPSA) is 65.0 Å². The van der Waals surface area contributed by atoms with Gasteiger partial charge in [0.25, 0.3) is 0 Å². The molecular formula is C14H22O5P2. The van der Waals surface area contributed by atoms with E-state index in [1.165, 1.54) is 0 Å². The summed E-state index contributed by atoms with van der Waals surface area (Å²) in [5.74, 6) is -0.747. The van der Waals surface area contributed by atoms with Crippen molar-refractivity contribution in [3.05, 3.63) is 35.4 Å². The van der Waals surface area contributed by atoms with Crippen molar-refractivity contribution in [2.24, 2.45) is 5.92 Å². The van der Waals surface area contributed by atoms with Crippen molar-refractivity contribution < 1.29 is 23.5 Å². The lowest BCUT2D eigenvalue weighted by molar-refractivity contribution is -0.138. The minimum absolute atomic E-state index is 0. The van der Waals surface area contributed by atoms with Gasteiger partial charge in [0, 0.05) is 7.11 Å². The van der Waals surface area contributed by atoms with E-state index in [1.54, 1.807) is 7.11 Å². The lowest BCUT2D eigenvalue weighted by atomic mass is 10.1. The first-order chi connectivity index (χ1) is 9.65. The molecule has 21 heavy (non-hydrogen) atoms. The standard InChI is InChI=1S/C14H19O5P.H3P/c1-3-18-20(17-2)19-9-10-4-6-11(7-5-10)12-8-13(12)14(15)16;/h4-7,12-13H,3,8-9H2,1-2H3,(H,15,16);1H3/t12-,13-,20?;/m1./s1. The van der Waals surface area contributed by atoms with Crippen LogP contribution < -0.4 is 0 Å². The van der Waals surface area contributed by atoms with E-state index in [1.807, 2.05) is 31.2 Å². The van der Waals surface area contributed by atoms with Gasteiger partial charge in [0.2, 0.25) is 0 Å². The van der Waals surface area contributed by atoms with Crippen LogP contribution in [-0.4, -0.2) is 24.8 Å². The highest BCUT2D eigenvalue weighted by Crippen LogP contribution is 2.47. The highest BCUT2D eigenvalue weighted by atomic mass is 31.2. The summed E-state index contributed by atoms with van der Waals surface area (Å²) in [4.78, 5) is 10.8. The summed E-state index contributed by atoms with van der Waals surface area (Å²) in [6, 6.07) is 7.87. The van der Waals surface area contributed by atoms with Crippen molar-refractivity contribution in [2.75, 3.05) is 13.7 Å². The summed E-state index contributed by atoms with van der Waals surface area (Å²) in [7, 11) is 0.276. The van der Waals surface area contributed by atoms with E-state index in [4.69, 9.17) is 18.7 Å². The van der Waals surface area contributed by atoms with Gasteiger partial charge < -0.3 is 18.7 Å². The van der Waals surface area contributed by atoms with Crippen LogP contribution in [0.15, 0.2) is 24.3 Å². The third-order valence-corrected chi connectivity index (χ3v) is 4.34. The van der Waals surface area contributed by atoms with Crippen LogP contribution in [0, 0.1) is 5.92 Å². The fraction of sp³-hybridized carbons (Fsp3) is 0.500. The Morgan fingerprint density at radius 2 is 2.00 bits per heavy atom. The maximum Gasteiger partial charge on any atom is 0.332 e. The van der Waals surface area contributed by atoms with Crippen molar-refractivity contribution >= 4 is 24.5 Å². The molecule has 5 nitrogen and oxygen atoms in total. The number of hydrogen-bond donors (Lipinski definition) is 1. The second-order valence-corrected chi connectivity index (χ2v) is 5.95. The molecule has 0 bridgehead atoms. The highest BCUT2D eigenvalue weighted by Gasteiger charge is 2.43. The molecule has 7 heteroatoms. The van der Waals surface area contributed by atoms with E-state index in [0.717, 1.165) is 17.5 Å². The maximum absolute atomic E-state index is 10.8. The number of rotatable bonds is 8. The number of carboxylic acids is 1. The zero-order valence-corrected chi connectivity index (χ0v) is 14.6. The third kappa shape index (κ3) is 5.28.